The van der Waals surface area contributed by atoms with E-state index in [0.717, 1.165) is 16.7 Å². The van der Waals surface area contributed by atoms with Crippen molar-refractivity contribution < 1.29 is 28.7 Å². The number of amides is 1. The Hall–Kier alpha value is -4.35. The Labute approximate surface area is 233 Å². The molecule has 11 heteroatoms. The Morgan fingerprint density at radius 2 is 1.65 bits per heavy atom. The van der Waals surface area contributed by atoms with Crippen LogP contribution in [-0.2, 0) is 25.6 Å². The first kappa shape index (κ1) is 30.2. The van der Waals surface area contributed by atoms with Gasteiger partial charge in [-0.15, -0.1) is 0 Å². The van der Waals surface area contributed by atoms with Gasteiger partial charge >= 0.3 is 11.9 Å². The molecular formula is C29H35N5O6. The van der Waals surface area contributed by atoms with Crippen LogP contribution >= 0.6 is 0 Å². The first-order chi connectivity index (χ1) is 19.1. The van der Waals surface area contributed by atoms with Gasteiger partial charge in [0, 0.05) is 13.5 Å². The van der Waals surface area contributed by atoms with Crippen LogP contribution in [0.2, 0.25) is 0 Å². The summed E-state index contributed by atoms with van der Waals surface area (Å²) in [5.41, 5.74) is 11.7. The number of aromatic nitrogens is 2. The third-order valence-corrected chi connectivity index (χ3v) is 6.06. The maximum absolute atomic E-state index is 13.0. The predicted molar refractivity (Wildman–Crippen MR) is 148 cm³/mol. The standard InChI is InChI=1S/C29H35N5O6/c1-5-39-28(37)25(40-29(38)26(30)18(2)3)17-34(33-27(36)24-15-23(19(4)35)31-32-24)16-20-11-13-22(14-12-20)21-9-7-6-8-10-21/h6-15,18,25-26H,5,16-17,30H2,1-4H3,(H,31,32)(H,33,36). The second-order valence-corrected chi connectivity index (χ2v) is 9.55. The van der Waals surface area contributed by atoms with Crippen molar-refractivity contribution >= 4 is 23.6 Å². The third-order valence-electron chi connectivity index (χ3n) is 6.06. The van der Waals surface area contributed by atoms with Gasteiger partial charge in [-0.2, -0.15) is 5.10 Å². The largest absolute Gasteiger partial charge is 0.463 e. The van der Waals surface area contributed by atoms with Crippen LogP contribution in [0.1, 0.15) is 54.2 Å². The van der Waals surface area contributed by atoms with Crippen LogP contribution in [-0.4, -0.2) is 64.1 Å². The number of nitrogens with zero attached hydrogens (tertiary/aromatic N) is 2. The quantitative estimate of drug-likeness (QED) is 0.166. The predicted octanol–water partition coefficient (Wildman–Crippen LogP) is 2.88. The van der Waals surface area contributed by atoms with Gasteiger partial charge in [-0.05, 0) is 35.6 Å². The van der Waals surface area contributed by atoms with Gasteiger partial charge in [0.25, 0.3) is 5.91 Å². The van der Waals surface area contributed by atoms with Crippen LogP contribution < -0.4 is 11.2 Å². The minimum atomic E-state index is -1.37. The zero-order valence-electron chi connectivity index (χ0n) is 23.0. The zero-order valence-corrected chi connectivity index (χ0v) is 23.0. The summed E-state index contributed by atoms with van der Waals surface area (Å²) < 4.78 is 10.6. The molecule has 212 valence electrons. The first-order valence-corrected chi connectivity index (χ1v) is 13.0. The molecule has 0 spiro atoms. The van der Waals surface area contributed by atoms with E-state index >= 15 is 0 Å². The van der Waals surface area contributed by atoms with Gasteiger partial charge in [0.15, 0.2) is 5.78 Å². The Kier molecular flexibility index (Phi) is 10.7. The fourth-order valence-corrected chi connectivity index (χ4v) is 3.71. The molecule has 2 aromatic carbocycles. The topological polar surface area (TPSA) is 157 Å². The number of H-pyrrole nitrogens is 1. The van der Waals surface area contributed by atoms with Crippen LogP contribution in [0.15, 0.2) is 60.7 Å². The molecule has 0 aliphatic rings. The fraction of sp³-hybridized carbons (Fsp3) is 0.345. The second-order valence-electron chi connectivity index (χ2n) is 9.55. The van der Waals surface area contributed by atoms with Gasteiger partial charge < -0.3 is 15.2 Å². The highest BCUT2D eigenvalue weighted by Crippen LogP contribution is 2.20. The SMILES string of the molecule is CCOC(=O)C(CN(Cc1ccc(-c2ccccc2)cc1)NC(=O)c1cc(C(C)=O)n[nH]1)OC(=O)C(N)C(C)C. The maximum Gasteiger partial charge on any atom is 0.348 e. The normalized spacial score (nSPS) is 12.6. The van der Waals surface area contributed by atoms with Crippen molar-refractivity contribution in [3.63, 3.8) is 0 Å². The van der Waals surface area contributed by atoms with Crippen molar-refractivity contribution in [2.75, 3.05) is 13.2 Å². The summed E-state index contributed by atoms with van der Waals surface area (Å²) in [5.74, 6) is -2.66. The number of benzene rings is 2. The summed E-state index contributed by atoms with van der Waals surface area (Å²) in [7, 11) is 0. The lowest BCUT2D eigenvalue weighted by molar-refractivity contribution is -0.170. The average molecular weight is 550 g/mol. The molecule has 0 aliphatic heterocycles. The number of esters is 2. The number of nitrogens with two attached hydrogens (primary N) is 1. The molecule has 0 aliphatic carbocycles. The fourth-order valence-electron chi connectivity index (χ4n) is 3.71. The Balaban J connectivity index is 1.86. The van der Waals surface area contributed by atoms with Gasteiger partial charge in [-0.25, -0.2) is 9.80 Å². The summed E-state index contributed by atoms with van der Waals surface area (Å²) in [4.78, 5) is 50.0. The molecule has 1 amide bonds. The molecular weight excluding hydrogens is 514 g/mol. The number of hydrogen-bond donors (Lipinski definition) is 3. The summed E-state index contributed by atoms with van der Waals surface area (Å²) >= 11 is 0. The van der Waals surface area contributed by atoms with E-state index in [2.05, 4.69) is 15.6 Å². The van der Waals surface area contributed by atoms with Crippen molar-refractivity contribution in [2.24, 2.45) is 11.7 Å². The van der Waals surface area contributed by atoms with Gasteiger partial charge in [0.1, 0.15) is 17.4 Å². The molecule has 0 bridgehead atoms. The van der Waals surface area contributed by atoms with Crippen LogP contribution in [0.3, 0.4) is 0 Å². The lowest BCUT2D eigenvalue weighted by Crippen LogP contribution is -2.50. The third kappa shape index (κ3) is 8.32. The molecule has 1 heterocycles. The van der Waals surface area contributed by atoms with Crippen LogP contribution in [0.25, 0.3) is 11.1 Å². The molecule has 4 N–H and O–H groups in total. The summed E-state index contributed by atoms with van der Waals surface area (Å²) in [5, 5.41) is 7.81. The number of rotatable bonds is 13. The van der Waals surface area contributed by atoms with Crippen LogP contribution in [0, 0.1) is 5.92 Å². The number of hydrazine groups is 1. The Bertz CT molecular complexity index is 1310. The van der Waals surface area contributed by atoms with Crippen molar-refractivity contribution in [1.29, 1.82) is 0 Å². The van der Waals surface area contributed by atoms with Gasteiger partial charge in [0.2, 0.25) is 6.10 Å². The molecule has 3 rings (SSSR count). The van der Waals surface area contributed by atoms with E-state index in [4.69, 9.17) is 15.2 Å². The van der Waals surface area contributed by atoms with E-state index in [9.17, 15) is 19.2 Å². The van der Waals surface area contributed by atoms with E-state index in [-0.39, 0.29) is 42.8 Å². The molecule has 1 aromatic heterocycles. The van der Waals surface area contributed by atoms with Gasteiger partial charge in [-0.1, -0.05) is 68.4 Å². The number of Topliss-reactive ketones (excluding diaryl/α,β-unsaturated/α-hetero) is 1. The summed E-state index contributed by atoms with van der Waals surface area (Å²) in [6.45, 7) is 6.48. The first-order valence-electron chi connectivity index (χ1n) is 13.0. The van der Waals surface area contributed by atoms with Crippen molar-refractivity contribution in [2.45, 2.75) is 46.4 Å². The average Bonchev–Trinajstić information content (AvgIpc) is 3.44. The van der Waals surface area contributed by atoms with Crippen molar-refractivity contribution in [3.05, 3.63) is 77.6 Å². The lowest BCUT2D eigenvalue weighted by atomic mass is 10.0. The van der Waals surface area contributed by atoms with Gasteiger partial charge in [-0.3, -0.25) is 24.9 Å². The Morgan fingerprint density at radius 1 is 1.00 bits per heavy atom. The van der Waals surface area contributed by atoms with E-state index in [0.29, 0.717) is 0 Å². The number of hydrogen-bond acceptors (Lipinski definition) is 9. The van der Waals surface area contributed by atoms with E-state index in [1.807, 2.05) is 54.6 Å². The Morgan fingerprint density at radius 3 is 2.23 bits per heavy atom. The van der Waals surface area contributed by atoms with E-state index in [1.165, 1.54) is 18.0 Å². The number of carbonyl (C=O) groups excluding carboxylic acids is 4. The number of ether oxygens (including phenoxy) is 2. The molecule has 0 saturated heterocycles. The number of ketones is 1. The van der Waals surface area contributed by atoms with Crippen LogP contribution in [0.5, 0.6) is 0 Å². The smallest absolute Gasteiger partial charge is 0.348 e. The molecule has 0 radical (unpaired) electrons. The maximum atomic E-state index is 13.0. The molecule has 3 aromatic rings. The molecule has 0 saturated carbocycles. The second kappa shape index (κ2) is 14.2. The lowest BCUT2D eigenvalue weighted by Gasteiger charge is -2.28. The van der Waals surface area contributed by atoms with Crippen LogP contribution in [0.4, 0.5) is 0 Å². The highest BCUT2D eigenvalue weighted by molar-refractivity contribution is 5.97. The molecule has 40 heavy (non-hydrogen) atoms. The monoisotopic (exact) mass is 549 g/mol. The minimum absolute atomic E-state index is 0.0427. The zero-order chi connectivity index (χ0) is 29.2. The molecule has 2 atom stereocenters. The molecule has 0 fully saturated rings. The summed E-state index contributed by atoms with van der Waals surface area (Å²) in [6, 6.07) is 17.9. The minimum Gasteiger partial charge on any atom is -0.463 e. The summed E-state index contributed by atoms with van der Waals surface area (Å²) in [6.07, 6.45) is -1.37. The van der Waals surface area contributed by atoms with Gasteiger partial charge in [0.05, 0.1) is 13.2 Å². The highest BCUT2D eigenvalue weighted by atomic mass is 16.6. The van der Waals surface area contributed by atoms with E-state index < -0.39 is 30.0 Å². The van der Waals surface area contributed by atoms with E-state index in [1.54, 1.807) is 20.8 Å². The van der Waals surface area contributed by atoms with Crippen molar-refractivity contribution in [1.82, 2.24) is 20.6 Å². The van der Waals surface area contributed by atoms with Crippen molar-refractivity contribution in [3.8, 4) is 11.1 Å². The highest BCUT2D eigenvalue weighted by Gasteiger charge is 2.31. The molecule has 11 nitrogen and oxygen atoms in total. The molecule has 2 unspecified atom stereocenters. The number of aromatic amines is 1. The number of nitrogens with one attached hydrogen (secondary N) is 2. The number of carbonyl (C=O) groups is 4.